The van der Waals surface area contributed by atoms with Crippen LogP contribution in [0.15, 0.2) is 24.3 Å². The first kappa shape index (κ1) is 18.5. The molecule has 0 bridgehead atoms. The number of nitriles is 1. The van der Waals surface area contributed by atoms with Crippen LogP contribution in [0, 0.1) is 17.1 Å². The summed E-state index contributed by atoms with van der Waals surface area (Å²) in [4.78, 5) is 0. The van der Waals surface area contributed by atoms with Crippen molar-refractivity contribution in [3.8, 4) is 6.07 Å². The topological polar surface area (TPSA) is 84.0 Å². The van der Waals surface area contributed by atoms with Gasteiger partial charge in [-0.25, -0.2) is 17.2 Å². The second-order valence-corrected chi connectivity index (χ2v) is 8.22. The summed E-state index contributed by atoms with van der Waals surface area (Å²) in [5.74, 6) is -0.858. The molecule has 1 rings (SSSR count). The number of nitrogens with zero attached hydrogens (tertiary/aromatic N) is 1. The quantitative estimate of drug-likeness (QED) is 0.832. The third kappa shape index (κ3) is 3.45. The van der Waals surface area contributed by atoms with Gasteiger partial charge in [0.05, 0.1) is 11.6 Å². The van der Waals surface area contributed by atoms with Crippen molar-refractivity contribution in [2.24, 2.45) is 5.73 Å². The Bertz CT molecular complexity index is 672. The molecule has 2 N–H and O–H groups in total. The third-order valence-corrected chi connectivity index (χ3v) is 6.43. The molecule has 1 aromatic carbocycles. The van der Waals surface area contributed by atoms with Gasteiger partial charge < -0.3 is 5.73 Å². The van der Waals surface area contributed by atoms with Gasteiger partial charge in [0.1, 0.15) is 12.5 Å². The standard InChI is InChI=1S/C15H20F2N2O2S/c1-3-22(20,21)14(2,11-18)8-9-15(19,10-16)12-6-4-5-7-13(12)17/h4-7H,3,8-10,19H2,1-2H3/t14-,15?/m0/s1. The number of nitrogens with two attached hydrogens (primary N) is 1. The lowest BCUT2D eigenvalue weighted by atomic mass is 9.85. The summed E-state index contributed by atoms with van der Waals surface area (Å²) in [7, 11) is -3.67. The molecule has 0 saturated heterocycles. The fraction of sp³-hybridized carbons (Fsp3) is 0.533. The van der Waals surface area contributed by atoms with Gasteiger partial charge in [0, 0.05) is 11.3 Å². The SMILES string of the molecule is CCS(=O)(=O)[C@](C)(C#N)CCC(N)(CF)c1ccccc1F. The van der Waals surface area contributed by atoms with E-state index in [1.54, 1.807) is 6.07 Å². The maximum absolute atomic E-state index is 13.8. The van der Waals surface area contributed by atoms with E-state index in [1.165, 1.54) is 38.1 Å². The maximum Gasteiger partial charge on any atom is 0.168 e. The monoisotopic (exact) mass is 330 g/mol. The Labute approximate surface area is 129 Å². The highest BCUT2D eigenvalue weighted by atomic mass is 32.2. The number of alkyl halides is 1. The van der Waals surface area contributed by atoms with Gasteiger partial charge in [0.2, 0.25) is 0 Å². The van der Waals surface area contributed by atoms with E-state index >= 15 is 0 Å². The minimum atomic E-state index is -3.67. The number of hydrogen-bond donors (Lipinski definition) is 1. The zero-order chi connectivity index (χ0) is 17.0. The molecule has 4 nitrogen and oxygen atoms in total. The molecule has 1 aromatic rings. The largest absolute Gasteiger partial charge is 0.319 e. The molecule has 0 amide bonds. The number of rotatable bonds is 7. The first-order valence-corrected chi connectivity index (χ1v) is 8.54. The lowest BCUT2D eigenvalue weighted by molar-refractivity contribution is 0.275. The maximum atomic E-state index is 13.8. The van der Waals surface area contributed by atoms with Crippen LogP contribution in [-0.2, 0) is 15.4 Å². The van der Waals surface area contributed by atoms with Crippen LogP contribution < -0.4 is 5.73 Å². The molecule has 0 aliphatic carbocycles. The van der Waals surface area contributed by atoms with Gasteiger partial charge in [-0.1, -0.05) is 25.1 Å². The van der Waals surface area contributed by atoms with Gasteiger partial charge in [-0.15, -0.1) is 0 Å². The van der Waals surface area contributed by atoms with E-state index in [9.17, 15) is 22.5 Å². The molecule has 22 heavy (non-hydrogen) atoms. The summed E-state index contributed by atoms with van der Waals surface area (Å²) in [6.45, 7) is 1.67. The van der Waals surface area contributed by atoms with E-state index in [1.807, 2.05) is 0 Å². The predicted octanol–water partition coefficient (Wildman–Crippen LogP) is 2.45. The van der Waals surface area contributed by atoms with Crippen LogP contribution >= 0.6 is 0 Å². The van der Waals surface area contributed by atoms with Crippen molar-refractivity contribution in [1.29, 1.82) is 5.26 Å². The lowest BCUT2D eigenvalue weighted by Crippen LogP contribution is -2.44. The summed E-state index contributed by atoms with van der Waals surface area (Å²) in [6, 6.07) is 7.29. The summed E-state index contributed by atoms with van der Waals surface area (Å²) in [6.07, 6.45) is -0.331. The Morgan fingerprint density at radius 3 is 2.36 bits per heavy atom. The molecule has 0 aromatic heterocycles. The van der Waals surface area contributed by atoms with Gasteiger partial charge in [-0.3, -0.25) is 0 Å². The van der Waals surface area contributed by atoms with Crippen molar-refractivity contribution in [3.63, 3.8) is 0 Å². The molecule has 0 aliphatic rings. The Morgan fingerprint density at radius 1 is 1.32 bits per heavy atom. The van der Waals surface area contributed by atoms with Gasteiger partial charge in [0.25, 0.3) is 0 Å². The molecule has 0 radical (unpaired) electrons. The van der Waals surface area contributed by atoms with Crippen molar-refractivity contribution < 1.29 is 17.2 Å². The molecule has 0 fully saturated rings. The van der Waals surface area contributed by atoms with Crippen molar-refractivity contribution >= 4 is 9.84 Å². The van der Waals surface area contributed by atoms with E-state index in [2.05, 4.69) is 0 Å². The highest BCUT2D eigenvalue weighted by Gasteiger charge is 2.41. The summed E-state index contributed by atoms with van der Waals surface area (Å²) in [5.41, 5.74) is 4.27. The van der Waals surface area contributed by atoms with E-state index in [0.717, 1.165) is 0 Å². The van der Waals surface area contributed by atoms with Crippen LogP contribution in [0.2, 0.25) is 0 Å². The Kier molecular flexibility index (Phi) is 5.65. The van der Waals surface area contributed by atoms with Gasteiger partial charge in [0.15, 0.2) is 14.6 Å². The number of hydrogen-bond acceptors (Lipinski definition) is 4. The molecule has 2 atom stereocenters. The second kappa shape index (κ2) is 6.71. The first-order chi connectivity index (χ1) is 10.2. The minimum Gasteiger partial charge on any atom is -0.319 e. The highest BCUT2D eigenvalue weighted by Crippen LogP contribution is 2.32. The van der Waals surface area contributed by atoms with E-state index in [4.69, 9.17) is 5.73 Å². The third-order valence-electron chi connectivity index (χ3n) is 4.00. The molecule has 0 heterocycles. The minimum absolute atomic E-state index is 0.0216. The molecule has 7 heteroatoms. The molecule has 0 saturated carbocycles. The Balaban J connectivity index is 3.11. The molecule has 0 spiro atoms. The fourth-order valence-electron chi connectivity index (χ4n) is 2.20. The Hall–Kier alpha value is -1.52. The van der Waals surface area contributed by atoms with Crippen LogP contribution in [0.25, 0.3) is 0 Å². The average molecular weight is 330 g/mol. The molecule has 0 aliphatic heterocycles. The van der Waals surface area contributed by atoms with Crippen LogP contribution in [0.1, 0.15) is 32.3 Å². The zero-order valence-corrected chi connectivity index (χ0v) is 13.5. The fourth-order valence-corrected chi connectivity index (χ4v) is 3.39. The number of benzene rings is 1. The lowest BCUT2D eigenvalue weighted by Gasteiger charge is -2.30. The first-order valence-electron chi connectivity index (χ1n) is 6.89. The molecular formula is C15H20F2N2O2S. The van der Waals surface area contributed by atoms with E-state index < -0.39 is 32.6 Å². The number of sulfone groups is 1. The van der Waals surface area contributed by atoms with Crippen LogP contribution in [-0.4, -0.2) is 25.6 Å². The van der Waals surface area contributed by atoms with Crippen molar-refractivity contribution in [2.75, 3.05) is 12.4 Å². The van der Waals surface area contributed by atoms with Gasteiger partial charge in [-0.05, 0) is 25.8 Å². The highest BCUT2D eigenvalue weighted by molar-refractivity contribution is 7.93. The van der Waals surface area contributed by atoms with Crippen molar-refractivity contribution in [3.05, 3.63) is 35.6 Å². The smallest absolute Gasteiger partial charge is 0.168 e. The average Bonchev–Trinajstić information content (AvgIpc) is 2.52. The molecule has 122 valence electrons. The zero-order valence-electron chi connectivity index (χ0n) is 12.6. The normalized spacial score (nSPS) is 17.3. The molecular weight excluding hydrogens is 310 g/mol. The van der Waals surface area contributed by atoms with E-state index in [-0.39, 0.29) is 24.2 Å². The Morgan fingerprint density at radius 2 is 1.91 bits per heavy atom. The van der Waals surface area contributed by atoms with E-state index in [0.29, 0.717) is 0 Å². The van der Waals surface area contributed by atoms with Gasteiger partial charge in [-0.2, -0.15) is 5.26 Å². The molecule has 1 unspecified atom stereocenters. The van der Waals surface area contributed by atoms with Crippen LogP contribution in [0.4, 0.5) is 8.78 Å². The predicted molar refractivity (Wildman–Crippen MR) is 81.0 cm³/mol. The summed E-state index contributed by atoms with van der Waals surface area (Å²) in [5, 5.41) is 9.21. The van der Waals surface area contributed by atoms with Crippen LogP contribution in [0.3, 0.4) is 0 Å². The number of halogens is 2. The van der Waals surface area contributed by atoms with Gasteiger partial charge >= 0.3 is 0 Å². The summed E-state index contributed by atoms with van der Waals surface area (Å²) < 4.78 is 49.7. The summed E-state index contributed by atoms with van der Waals surface area (Å²) >= 11 is 0. The van der Waals surface area contributed by atoms with Crippen molar-refractivity contribution in [1.82, 2.24) is 0 Å². The van der Waals surface area contributed by atoms with Crippen LogP contribution in [0.5, 0.6) is 0 Å². The second-order valence-electron chi connectivity index (χ2n) is 5.52. The van der Waals surface area contributed by atoms with Crippen molar-refractivity contribution in [2.45, 2.75) is 37.0 Å².